The van der Waals surface area contributed by atoms with Gasteiger partial charge in [0.25, 0.3) is 5.91 Å². The zero-order valence-electron chi connectivity index (χ0n) is 13.1. The fourth-order valence-electron chi connectivity index (χ4n) is 2.56. The van der Waals surface area contributed by atoms with E-state index in [0.717, 1.165) is 25.1 Å². The van der Waals surface area contributed by atoms with Crippen LogP contribution in [0.4, 0.5) is 24.7 Å². The highest BCUT2D eigenvalue weighted by Gasteiger charge is 2.32. The van der Waals surface area contributed by atoms with E-state index < -0.39 is 17.8 Å². The maximum Gasteiger partial charge on any atom is 0.433 e. The predicted octanol–water partition coefficient (Wildman–Crippen LogP) is 2.49. The Morgan fingerprint density at radius 3 is 2.76 bits per heavy atom. The lowest BCUT2D eigenvalue weighted by atomic mass is 10.1. The number of rotatable bonds is 4. The fraction of sp³-hybridized carbons (Fsp3) is 0.400. The molecule has 1 aliphatic heterocycles. The number of ether oxygens (including phenoxy) is 1. The minimum atomic E-state index is -4.51. The summed E-state index contributed by atoms with van der Waals surface area (Å²) in [5, 5.41) is 7.08. The number of aromatic nitrogens is 3. The molecule has 0 aromatic carbocycles. The molecule has 7 nitrogen and oxygen atoms in total. The molecule has 0 radical (unpaired) electrons. The molecule has 1 amide bonds. The quantitative estimate of drug-likeness (QED) is 0.879. The smallest absolute Gasteiger partial charge is 0.379 e. The summed E-state index contributed by atoms with van der Waals surface area (Å²) in [4.78, 5) is 15.0. The normalized spacial score (nSPS) is 18.1. The molecule has 3 rings (SSSR count). The van der Waals surface area contributed by atoms with Crippen molar-refractivity contribution in [3.05, 3.63) is 35.8 Å². The number of nitrogens with two attached hydrogens (primary N) is 1. The van der Waals surface area contributed by atoms with Gasteiger partial charge < -0.3 is 15.8 Å². The van der Waals surface area contributed by atoms with E-state index in [4.69, 9.17) is 10.5 Å². The molecule has 2 aromatic heterocycles. The van der Waals surface area contributed by atoms with Gasteiger partial charge in [0.2, 0.25) is 0 Å². The van der Waals surface area contributed by atoms with Crippen molar-refractivity contribution in [1.82, 2.24) is 14.8 Å². The minimum Gasteiger partial charge on any atom is -0.379 e. The van der Waals surface area contributed by atoms with Crippen molar-refractivity contribution in [3.8, 4) is 0 Å². The molecule has 1 fully saturated rings. The van der Waals surface area contributed by atoms with Crippen LogP contribution in [-0.2, 0) is 10.9 Å². The van der Waals surface area contributed by atoms with E-state index in [-0.39, 0.29) is 23.1 Å². The first-order valence-electron chi connectivity index (χ1n) is 7.61. The van der Waals surface area contributed by atoms with Crippen LogP contribution in [0.2, 0.25) is 0 Å². The van der Waals surface area contributed by atoms with Gasteiger partial charge in [-0.25, -0.2) is 4.98 Å². The number of alkyl halides is 3. The van der Waals surface area contributed by atoms with Crippen molar-refractivity contribution < 1.29 is 22.7 Å². The number of hydrogen-bond acceptors (Lipinski definition) is 5. The van der Waals surface area contributed by atoms with Crippen LogP contribution in [0.25, 0.3) is 0 Å². The van der Waals surface area contributed by atoms with E-state index in [1.807, 2.05) is 0 Å². The lowest BCUT2D eigenvalue weighted by molar-refractivity contribution is -0.141. The molecule has 1 aliphatic rings. The van der Waals surface area contributed by atoms with E-state index in [9.17, 15) is 18.0 Å². The van der Waals surface area contributed by atoms with Crippen LogP contribution in [0.3, 0.4) is 0 Å². The number of nitrogens with one attached hydrogen (secondary N) is 1. The van der Waals surface area contributed by atoms with E-state index in [2.05, 4.69) is 15.4 Å². The van der Waals surface area contributed by atoms with Gasteiger partial charge in [-0.05, 0) is 25.0 Å². The number of pyridine rings is 1. The third kappa shape index (κ3) is 3.90. The Balaban J connectivity index is 1.83. The first kappa shape index (κ1) is 17.2. The molecule has 25 heavy (non-hydrogen) atoms. The molecule has 0 aliphatic carbocycles. The van der Waals surface area contributed by atoms with Gasteiger partial charge in [-0.15, -0.1) is 0 Å². The standard InChI is InChI=1S/C15H16F3N5O2/c16-15(17,18)12-4-3-9(6-20-12)21-14-11(13(19)24)7-23(22-14)10-2-1-5-25-8-10/h3-4,6-7,10H,1-2,5,8H2,(H2,19,24)(H,21,22). The average Bonchev–Trinajstić information content (AvgIpc) is 2.99. The Labute approximate surface area is 141 Å². The summed E-state index contributed by atoms with van der Waals surface area (Å²) in [6, 6.07) is 2.04. The highest BCUT2D eigenvalue weighted by atomic mass is 19.4. The monoisotopic (exact) mass is 355 g/mol. The molecule has 134 valence electrons. The highest BCUT2D eigenvalue weighted by Crippen LogP contribution is 2.29. The molecule has 0 spiro atoms. The molecule has 2 aromatic rings. The lowest BCUT2D eigenvalue weighted by Gasteiger charge is -2.22. The maximum atomic E-state index is 12.6. The van der Waals surface area contributed by atoms with Crippen LogP contribution in [0.15, 0.2) is 24.5 Å². The molecule has 10 heteroatoms. The van der Waals surface area contributed by atoms with Gasteiger partial charge in [-0.3, -0.25) is 9.48 Å². The Bertz CT molecular complexity index is 752. The van der Waals surface area contributed by atoms with E-state index in [1.54, 1.807) is 4.68 Å². The maximum absolute atomic E-state index is 12.6. The molecule has 3 heterocycles. The molecule has 0 bridgehead atoms. The van der Waals surface area contributed by atoms with Crippen LogP contribution >= 0.6 is 0 Å². The Kier molecular flexibility index (Phi) is 4.62. The fourth-order valence-corrected chi connectivity index (χ4v) is 2.56. The van der Waals surface area contributed by atoms with Crippen molar-refractivity contribution in [2.45, 2.75) is 25.1 Å². The van der Waals surface area contributed by atoms with Gasteiger partial charge in [0, 0.05) is 12.8 Å². The second-order valence-electron chi connectivity index (χ2n) is 5.66. The number of amides is 1. The number of primary amides is 1. The topological polar surface area (TPSA) is 95.1 Å². The highest BCUT2D eigenvalue weighted by molar-refractivity contribution is 5.98. The average molecular weight is 355 g/mol. The molecule has 0 saturated carbocycles. The van der Waals surface area contributed by atoms with Crippen LogP contribution in [0.5, 0.6) is 0 Å². The van der Waals surface area contributed by atoms with Crippen LogP contribution in [-0.4, -0.2) is 33.9 Å². The van der Waals surface area contributed by atoms with Gasteiger partial charge >= 0.3 is 6.18 Å². The summed E-state index contributed by atoms with van der Waals surface area (Å²) < 4.78 is 44.7. The second-order valence-corrected chi connectivity index (χ2v) is 5.66. The minimum absolute atomic E-state index is 0.0202. The van der Waals surface area contributed by atoms with Gasteiger partial charge in [-0.1, -0.05) is 0 Å². The number of carbonyl (C=O) groups is 1. The third-order valence-electron chi connectivity index (χ3n) is 3.82. The largest absolute Gasteiger partial charge is 0.433 e. The number of halogens is 3. The van der Waals surface area contributed by atoms with Crippen molar-refractivity contribution in [2.75, 3.05) is 18.5 Å². The summed E-state index contributed by atoms with van der Waals surface area (Å²) in [6.45, 7) is 1.16. The molecule has 3 N–H and O–H groups in total. The number of hydrogen-bond donors (Lipinski definition) is 2. The summed E-state index contributed by atoms with van der Waals surface area (Å²) in [6.07, 6.45) is -0.249. The summed E-state index contributed by atoms with van der Waals surface area (Å²) in [5.74, 6) is -0.523. The zero-order valence-corrected chi connectivity index (χ0v) is 13.1. The van der Waals surface area contributed by atoms with Crippen LogP contribution < -0.4 is 11.1 Å². The predicted molar refractivity (Wildman–Crippen MR) is 82.4 cm³/mol. The van der Waals surface area contributed by atoms with Crippen LogP contribution in [0, 0.1) is 0 Å². The number of carbonyl (C=O) groups excluding carboxylic acids is 1. The van der Waals surface area contributed by atoms with Crippen molar-refractivity contribution in [2.24, 2.45) is 5.73 Å². The summed E-state index contributed by atoms with van der Waals surface area (Å²) in [5.41, 5.74) is 4.77. The molecular weight excluding hydrogens is 339 g/mol. The van der Waals surface area contributed by atoms with E-state index in [0.29, 0.717) is 13.2 Å². The molecule has 1 unspecified atom stereocenters. The van der Waals surface area contributed by atoms with Gasteiger partial charge in [0.05, 0.1) is 24.5 Å². The first-order valence-corrected chi connectivity index (χ1v) is 7.61. The molecular formula is C15H16F3N5O2. The third-order valence-corrected chi connectivity index (χ3v) is 3.82. The molecule has 1 atom stereocenters. The van der Waals surface area contributed by atoms with E-state index in [1.165, 1.54) is 12.3 Å². The summed E-state index contributed by atoms with van der Waals surface area (Å²) in [7, 11) is 0. The van der Waals surface area contributed by atoms with Crippen molar-refractivity contribution in [3.63, 3.8) is 0 Å². The zero-order chi connectivity index (χ0) is 18.0. The Hall–Kier alpha value is -2.62. The van der Waals surface area contributed by atoms with Gasteiger partial charge in [-0.2, -0.15) is 18.3 Å². The SMILES string of the molecule is NC(=O)c1cn(C2CCCOC2)nc1Nc1ccc(C(F)(F)F)nc1. The van der Waals surface area contributed by atoms with Gasteiger partial charge in [0.1, 0.15) is 11.3 Å². The Morgan fingerprint density at radius 2 is 2.20 bits per heavy atom. The lowest BCUT2D eigenvalue weighted by Crippen LogP contribution is -2.21. The summed E-state index contributed by atoms with van der Waals surface area (Å²) >= 11 is 0. The van der Waals surface area contributed by atoms with Crippen LogP contribution in [0.1, 0.15) is 34.9 Å². The number of nitrogens with zero attached hydrogens (tertiary/aromatic N) is 3. The van der Waals surface area contributed by atoms with Crippen molar-refractivity contribution in [1.29, 1.82) is 0 Å². The first-order chi connectivity index (χ1) is 11.8. The second kappa shape index (κ2) is 6.71. The Morgan fingerprint density at radius 1 is 1.40 bits per heavy atom. The van der Waals surface area contributed by atoms with E-state index >= 15 is 0 Å². The molecule has 1 saturated heterocycles. The van der Waals surface area contributed by atoms with Gasteiger partial charge in [0.15, 0.2) is 5.82 Å². The van der Waals surface area contributed by atoms with Crippen molar-refractivity contribution >= 4 is 17.4 Å². The number of anilines is 2.